The molecule has 0 aromatic carbocycles. The van der Waals surface area contributed by atoms with Crippen LogP contribution in [0.3, 0.4) is 0 Å². The summed E-state index contributed by atoms with van der Waals surface area (Å²) in [5, 5.41) is 2.16. The molecule has 1 aliphatic heterocycles. The molecule has 2 rings (SSSR count). The molecule has 20 heavy (non-hydrogen) atoms. The first-order valence-corrected chi connectivity index (χ1v) is 6.74. The van der Waals surface area contributed by atoms with E-state index in [1.165, 1.54) is 16.2 Å². The van der Waals surface area contributed by atoms with Crippen LogP contribution < -0.4 is 11.1 Å². The molecule has 0 spiro atoms. The lowest BCUT2D eigenvalue weighted by Gasteiger charge is -2.24. The molecule has 3 N–H and O–H groups in total. The number of aryl methyl sites for hydroxylation is 1. The molecule has 1 saturated heterocycles. The van der Waals surface area contributed by atoms with Crippen molar-refractivity contribution in [2.75, 3.05) is 19.6 Å². The van der Waals surface area contributed by atoms with Gasteiger partial charge in [0.25, 0.3) is 5.91 Å². The highest BCUT2D eigenvalue weighted by Crippen LogP contribution is 2.22. The van der Waals surface area contributed by atoms with Gasteiger partial charge in [0.1, 0.15) is 13.1 Å². The van der Waals surface area contributed by atoms with Crippen molar-refractivity contribution in [3.8, 4) is 11.8 Å². The van der Waals surface area contributed by atoms with Crippen molar-refractivity contribution in [3.05, 3.63) is 21.4 Å². The number of carbonyl (C=O) groups is 3. The summed E-state index contributed by atoms with van der Waals surface area (Å²) in [5.74, 6) is 4.37. The number of piperazine rings is 1. The van der Waals surface area contributed by atoms with Crippen molar-refractivity contribution in [3.63, 3.8) is 0 Å². The minimum absolute atomic E-state index is 0.106. The quantitative estimate of drug-likeness (QED) is 0.537. The lowest BCUT2D eigenvalue weighted by molar-refractivity contribution is -0.135. The predicted molar refractivity (Wildman–Crippen MR) is 74.0 cm³/mol. The first-order chi connectivity index (χ1) is 9.51. The first-order valence-electron chi connectivity index (χ1n) is 5.92. The second-order valence-corrected chi connectivity index (χ2v) is 5.31. The Bertz CT molecular complexity index is 623. The molecule has 7 heteroatoms. The summed E-state index contributed by atoms with van der Waals surface area (Å²) < 4.78 is 0. The summed E-state index contributed by atoms with van der Waals surface area (Å²) in [6.45, 7) is 1.89. The molecule has 104 valence electrons. The maximum absolute atomic E-state index is 12.3. The van der Waals surface area contributed by atoms with Crippen molar-refractivity contribution in [2.24, 2.45) is 5.73 Å². The van der Waals surface area contributed by atoms with Crippen LogP contribution in [0.25, 0.3) is 0 Å². The van der Waals surface area contributed by atoms with Gasteiger partial charge in [-0.25, -0.2) is 0 Å². The average Bonchev–Trinajstić information content (AvgIpc) is 2.75. The van der Waals surface area contributed by atoms with E-state index in [4.69, 9.17) is 5.73 Å². The summed E-state index contributed by atoms with van der Waals surface area (Å²) in [6, 6.07) is 1.71. The Labute approximate surface area is 119 Å². The molecule has 1 aromatic rings. The zero-order chi connectivity index (χ0) is 14.7. The summed E-state index contributed by atoms with van der Waals surface area (Å²) in [4.78, 5) is 37.3. The first kappa shape index (κ1) is 14.2. The van der Waals surface area contributed by atoms with Gasteiger partial charge >= 0.3 is 0 Å². The Kier molecular flexibility index (Phi) is 4.17. The number of hydrogen-bond donors (Lipinski definition) is 2. The minimum Gasteiger partial charge on any atom is -0.320 e. The van der Waals surface area contributed by atoms with E-state index < -0.39 is 11.8 Å². The molecule has 2 heterocycles. The summed E-state index contributed by atoms with van der Waals surface area (Å²) in [6.07, 6.45) is 0. The molecule has 0 radical (unpaired) electrons. The summed E-state index contributed by atoms with van der Waals surface area (Å²) in [7, 11) is 0. The molecular formula is C13H13N3O3S. The number of nitrogens with two attached hydrogens (primary N) is 1. The maximum Gasteiger partial charge on any atom is 0.264 e. The normalized spacial score (nSPS) is 14.6. The highest BCUT2D eigenvalue weighted by Gasteiger charge is 2.28. The van der Waals surface area contributed by atoms with Gasteiger partial charge in [0.15, 0.2) is 0 Å². The molecule has 3 amide bonds. The van der Waals surface area contributed by atoms with E-state index in [0.29, 0.717) is 4.88 Å². The Hall–Kier alpha value is -2.17. The van der Waals surface area contributed by atoms with Crippen LogP contribution in [0.1, 0.15) is 20.1 Å². The van der Waals surface area contributed by atoms with Crippen LogP contribution in [0.15, 0.2) is 6.07 Å². The third-order valence-electron chi connectivity index (χ3n) is 2.67. The predicted octanol–water partition coefficient (Wildman–Crippen LogP) is -0.535. The molecule has 0 atom stereocenters. The highest BCUT2D eigenvalue weighted by molar-refractivity contribution is 7.14. The Morgan fingerprint density at radius 2 is 2.10 bits per heavy atom. The van der Waals surface area contributed by atoms with Crippen LogP contribution in [0.5, 0.6) is 0 Å². The fourth-order valence-electron chi connectivity index (χ4n) is 1.78. The molecule has 1 fully saturated rings. The van der Waals surface area contributed by atoms with Crippen molar-refractivity contribution < 1.29 is 14.4 Å². The van der Waals surface area contributed by atoms with Crippen molar-refractivity contribution in [2.45, 2.75) is 6.92 Å². The number of rotatable bonds is 1. The highest BCUT2D eigenvalue weighted by atomic mass is 32.1. The molecule has 0 saturated carbocycles. The zero-order valence-corrected chi connectivity index (χ0v) is 11.7. The lowest BCUT2D eigenvalue weighted by Crippen LogP contribution is -2.53. The Balaban J connectivity index is 2.21. The minimum atomic E-state index is -0.467. The fraction of sp³-hybridized carbons (Fsp3) is 0.308. The Morgan fingerprint density at radius 1 is 1.45 bits per heavy atom. The standard InChI is InChI=1S/C13H13N3O3S/c1-8-5-10(20-9(8)3-2-4-14)13(19)16-6-11(17)15-12(18)7-16/h5H,4,6-7,14H2,1H3,(H,15,17,18). The largest absolute Gasteiger partial charge is 0.320 e. The molecule has 6 nitrogen and oxygen atoms in total. The van der Waals surface area contributed by atoms with E-state index in [9.17, 15) is 14.4 Å². The number of nitrogens with one attached hydrogen (secondary N) is 1. The van der Waals surface area contributed by atoms with Crippen LogP contribution in [-0.2, 0) is 9.59 Å². The molecule has 0 bridgehead atoms. The van der Waals surface area contributed by atoms with Crippen LogP contribution in [-0.4, -0.2) is 42.3 Å². The SMILES string of the molecule is Cc1cc(C(=O)N2CC(=O)NC(=O)C2)sc1C#CCN. The van der Waals surface area contributed by atoms with Gasteiger partial charge in [0.2, 0.25) is 11.8 Å². The second-order valence-electron chi connectivity index (χ2n) is 4.26. The van der Waals surface area contributed by atoms with Crippen molar-refractivity contribution in [1.29, 1.82) is 0 Å². The van der Waals surface area contributed by atoms with E-state index in [1.54, 1.807) is 6.07 Å². The molecule has 0 unspecified atom stereocenters. The van der Waals surface area contributed by atoms with Gasteiger partial charge in [-0.3, -0.25) is 19.7 Å². The summed E-state index contributed by atoms with van der Waals surface area (Å²) >= 11 is 1.24. The van der Waals surface area contributed by atoms with Gasteiger partial charge in [-0.2, -0.15) is 0 Å². The van der Waals surface area contributed by atoms with Crippen LogP contribution >= 0.6 is 11.3 Å². The van der Waals surface area contributed by atoms with E-state index in [0.717, 1.165) is 10.4 Å². The molecule has 1 aliphatic rings. The van der Waals surface area contributed by atoms with Gasteiger partial charge < -0.3 is 10.6 Å². The number of hydrogen-bond acceptors (Lipinski definition) is 5. The number of nitrogens with zero attached hydrogens (tertiary/aromatic N) is 1. The van der Waals surface area contributed by atoms with Gasteiger partial charge in [0, 0.05) is 0 Å². The molecule has 0 aliphatic carbocycles. The zero-order valence-electron chi connectivity index (χ0n) is 10.9. The summed E-state index contributed by atoms with van der Waals surface area (Å²) in [5.41, 5.74) is 6.20. The smallest absolute Gasteiger partial charge is 0.264 e. The third kappa shape index (κ3) is 3.04. The number of imide groups is 1. The number of carbonyl (C=O) groups excluding carboxylic acids is 3. The molecule has 1 aromatic heterocycles. The third-order valence-corrected chi connectivity index (χ3v) is 3.81. The maximum atomic E-state index is 12.3. The Morgan fingerprint density at radius 3 is 2.70 bits per heavy atom. The van der Waals surface area contributed by atoms with Gasteiger partial charge in [-0.15, -0.1) is 11.3 Å². The second kappa shape index (κ2) is 5.86. The van der Waals surface area contributed by atoms with Gasteiger partial charge in [-0.1, -0.05) is 11.8 Å². The van der Waals surface area contributed by atoms with Crippen LogP contribution in [0, 0.1) is 18.8 Å². The lowest BCUT2D eigenvalue weighted by atomic mass is 10.2. The average molecular weight is 291 g/mol. The number of amides is 3. The number of thiophene rings is 1. The van der Waals surface area contributed by atoms with E-state index >= 15 is 0 Å². The van der Waals surface area contributed by atoms with Crippen LogP contribution in [0.2, 0.25) is 0 Å². The van der Waals surface area contributed by atoms with Gasteiger partial charge in [0.05, 0.1) is 16.3 Å². The molecular weight excluding hydrogens is 278 g/mol. The van der Waals surface area contributed by atoms with E-state index in [1.807, 2.05) is 6.92 Å². The van der Waals surface area contributed by atoms with Crippen molar-refractivity contribution >= 4 is 29.1 Å². The van der Waals surface area contributed by atoms with Gasteiger partial charge in [-0.05, 0) is 18.6 Å². The fourth-order valence-corrected chi connectivity index (χ4v) is 2.79. The monoisotopic (exact) mass is 291 g/mol. The van der Waals surface area contributed by atoms with Crippen molar-refractivity contribution in [1.82, 2.24) is 10.2 Å². The van der Waals surface area contributed by atoms with Crippen LogP contribution in [0.4, 0.5) is 0 Å². The van der Waals surface area contributed by atoms with E-state index in [-0.39, 0.29) is 25.5 Å². The topological polar surface area (TPSA) is 92.5 Å². The van der Waals surface area contributed by atoms with E-state index in [2.05, 4.69) is 17.2 Å².